The van der Waals surface area contributed by atoms with Crippen LogP contribution in [0.2, 0.25) is 0 Å². The fraction of sp³-hybridized carbons (Fsp3) is 0.500. The third-order valence-electron chi connectivity index (χ3n) is 3.11. The van der Waals surface area contributed by atoms with Crippen LogP contribution in [0.5, 0.6) is 11.5 Å². The molecule has 2 N–H and O–H groups in total. The van der Waals surface area contributed by atoms with Crippen LogP contribution in [0.15, 0.2) is 18.2 Å². The number of hydrogen-bond acceptors (Lipinski definition) is 5. The lowest BCUT2D eigenvalue weighted by Gasteiger charge is -2.23. The highest BCUT2D eigenvalue weighted by molar-refractivity contribution is 5.94. The van der Waals surface area contributed by atoms with Crippen molar-refractivity contribution in [1.29, 1.82) is 0 Å². The Morgan fingerprint density at radius 3 is 2.95 bits per heavy atom. The molecule has 20 heavy (non-hydrogen) atoms. The molecule has 1 heterocycles. The fourth-order valence-corrected chi connectivity index (χ4v) is 1.82. The van der Waals surface area contributed by atoms with Crippen molar-refractivity contribution >= 4 is 5.91 Å². The summed E-state index contributed by atoms with van der Waals surface area (Å²) in [6, 6.07) is 4.98. The summed E-state index contributed by atoms with van der Waals surface area (Å²) < 4.78 is 15.3. The van der Waals surface area contributed by atoms with Crippen LogP contribution >= 0.6 is 0 Å². The molecule has 0 saturated heterocycles. The molecule has 0 fully saturated rings. The van der Waals surface area contributed by atoms with Crippen LogP contribution in [0.1, 0.15) is 23.7 Å². The molecule has 6 nitrogen and oxygen atoms in total. The lowest BCUT2D eigenvalue weighted by Crippen LogP contribution is -2.41. The highest BCUT2D eigenvalue weighted by atomic mass is 16.7. The standard InChI is InChI=1S/C14H19NO5/c1-14(17,5-6-18-2)8-15-13(16)10-3-4-11-12(7-10)20-9-19-11/h3-4,7,17H,5-6,8-9H2,1-2H3,(H,15,16). The van der Waals surface area contributed by atoms with Gasteiger partial charge in [0.05, 0.1) is 5.60 Å². The van der Waals surface area contributed by atoms with Gasteiger partial charge in [0.15, 0.2) is 11.5 Å². The first-order chi connectivity index (χ1) is 9.52. The van der Waals surface area contributed by atoms with Crippen LogP contribution in [0, 0.1) is 0 Å². The van der Waals surface area contributed by atoms with Gasteiger partial charge in [-0.25, -0.2) is 0 Å². The van der Waals surface area contributed by atoms with E-state index in [0.29, 0.717) is 30.1 Å². The Bertz CT molecular complexity index is 486. The van der Waals surface area contributed by atoms with E-state index in [9.17, 15) is 9.90 Å². The number of methoxy groups -OCH3 is 1. The SMILES string of the molecule is COCCC(C)(O)CNC(=O)c1ccc2c(c1)OCO2. The molecule has 0 aliphatic carbocycles. The van der Waals surface area contributed by atoms with Gasteiger partial charge in [-0.3, -0.25) is 4.79 Å². The van der Waals surface area contributed by atoms with Gasteiger partial charge >= 0.3 is 0 Å². The molecule has 1 atom stereocenters. The zero-order chi connectivity index (χ0) is 14.6. The molecule has 0 aromatic heterocycles. The molecule has 0 saturated carbocycles. The lowest BCUT2D eigenvalue weighted by molar-refractivity contribution is 0.0243. The van der Waals surface area contributed by atoms with Gasteiger partial charge in [-0.2, -0.15) is 0 Å². The summed E-state index contributed by atoms with van der Waals surface area (Å²) in [5.74, 6) is 0.929. The number of ether oxygens (including phenoxy) is 3. The van der Waals surface area contributed by atoms with E-state index in [2.05, 4.69) is 5.32 Å². The maximum Gasteiger partial charge on any atom is 0.251 e. The van der Waals surface area contributed by atoms with Crippen molar-refractivity contribution in [3.63, 3.8) is 0 Å². The second kappa shape index (κ2) is 6.11. The lowest BCUT2D eigenvalue weighted by atomic mass is 10.0. The summed E-state index contributed by atoms with van der Waals surface area (Å²) in [5, 5.41) is 12.8. The Hall–Kier alpha value is -1.79. The normalized spacial score (nSPS) is 15.8. The minimum absolute atomic E-state index is 0.156. The monoisotopic (exact) mass is 281 g/mol. The van der Waals surface area contributed by atoms with Crippen molar-refractivity contribution < 1.29 is 24.1 Å². The number of aliphatic hydroxyl groups is 1. The first kappa shape index (κ1) is 14.6. The topological polar surface area (TPSA) is 77.0 Å². The number of amides is 1. The number of nitrogens with one attached hydrogen (secondary N) is 1. The first-order valence-corrected chi connectivity index (χ1v) is 6.41. The number of fused-ring (bicyclic) bond motifs is 1. The zero-order valence-corrected chi connectivity index (χ0v) is 11.6. The molecule has 1 aromatic carbocycles. The average Bonchev–Trinajstić information content (AvgIpc) is 2.90. The molecular formula is C14H19NO5. The Morgan fingerprint density at radius 2 is 2.20 bits per heavy atom. The third-order valence-corrected chi connectivity index (χ3v) is 3.11. The van der Waals surface area contributed by atoms with Crippen LogP contribution < -0.4 is 14.8 Å². The Kier molecular flexibility index (Phi) is 4.46. The van der Waals surface area contributed by atoms with Gasteiger partial charge < -0.3 is 24.6 Å². The quantitative estimate of drug-likeness (QED) is 0.811. The van der Waals surface area contributed by atoms with Crippen molar-refractivity contribution in [3.8, 4) is 11.5 Å². The highest BCUT2D eigenvalue weighted by Crippen LogP contribution is 2.32. The average molecular weight is 281 g/mol. The molecule has 0 radical (unpaired) electrons. The maximum atomic E-state index is 12.0. The van der Waals surface area contributed by atoms with E-state index in [4.69, 9.17) is 14.2 Å². The van der Waals surface area contributed by atoms with Crippen LogP contribution in [-0.4, -0.2) is 43.7 Å². The molecule has 1 unspecified atom stereocenters. The second-order valence-corrected chi connectivity index (χ2v) is 4.99. The molecule has 1 aliphatic rings. The van der Waals surface area contributed by atoms with Crippen molar-refractivity contribution in [1.82, 2.24) is 5.32 Å². The van der Waals surface area contributed by atoms with Crippen molar-refractivity contribution in [2.24, 2.45) is 0 Å². The molecule has 1 amide bonds. The molecule has 110 valence electrons. The highest BCUT2D eigenvalue weighted by Gasteiger charge is 2.22. The van der Waals surface area contributed by atoms with Gasteiger partial charge in [0.25, 0.3) is 5.91 Å². The zero-order valence-electron chi connectivity index (χ0n) is 11.6. The van der Waals surface area contributed by atoms with E-state index in [1.54, 1.807) is 32.2 Å². The number of carbonyl (C=O) groups excluding carboxylic acids is 1. The first-order valence-electron chi connectivity index (χ1n) is 6.41. The van der Waals surface area contributed by atoms with Gasteiger partial charge in [0.2, 0.25) is 6.79 Å². The molecule has 0 bridgehead atoms. The van der Waals surface area contributed by atoms with E-state index in [-0.39, 0.29) is 19.2 Å². The third kappa shape index (κ3) is 3.61. The van der Waals surface area contributed by atoms with Crippen LogP contribution in [0.4, 0.5) is 0 Å². The second-order valence-electron chi connectivity index (χ2n) is 4.99. The molecular weight excluding hydrogens is 262 g/mol. The van der Waals surface area contributed by atoms with Crippen molar-refractivity contribution in [2.45, 2.75) is 18.9 Å². The predicted molar refractivity (Wildman–Crippen MR) is 72.0 cm³/mol. The van der Waals surface area contributed by atoms with Gasteiger partial charge in [0.1, 0.15) is 0 Å². The summed E-state index contributed by atoms with van der Waals surface area (Å²) in [4.78, 5) is 12.0. The van der Waals surface area contributed by atoms with E-state index >= 15 is 0 Å². The van der Waals surface area contributed by atoms with Crippen LogP contribution in [-0.2, 0) is 4.74 Å². The van der Waals surface area contributed by atoms with Crippen molar-refractivity contribution in [2.75, 3.05) is 27.1 Å². The molecule has 1 aromatic rings. The molecule has 0 spiro atoms. The summed E-state index contributed by atoms with van der Waals surface area (Å²) in [6.45, 7) is 2.43. The summed E-state index contributed by atoms with van der Waals surface area (Å²) >= 11 is 0. The number of hydrogen-bond donors (Lipinski definition) is 2. The molecule has 2 rings (SSSR count). The van der Waals surface area contributed by atoms with E-state index in [0.717, 1.165) is 0 Å². The smallest absolute Gasteiger partial charge is 0.251 e. The van der Waals surface area contributed by atoms with Crippen molar-refractivity contribution in [3.05, 3.63) is 23.8 Å². The van der Waals surface area contributed by atoms with Gasteiger partial charge in [-0.1, -0.05) is 0 Å². The maximum absolute atomic E-state index is 12.0. The van der Waals surface area contributed by atoms with Crippen LogP contribution in [0.25, 0.3) is 0 Å². The van der Waals surface area contributed by atoms with Crippen LogP contribution in [0.3, 0.4) is 0 Å². The number of carbonyl (C=O) groups is 1. The summed E-state index contributed by atoms with van der Waals surface area (Å²) in [5.41, 5.74) is -0.529. The number of benzene rings is 1. The Labute approximate surface area is 117 Å². The minimum Gasteiger partial charge on any atom is -0.454 e. The Balaban J connectivity index is 1.92. The summed E-state index contributed by atoms with van der Waals surface area (Å²) in [7, 11) is 1.57. The summed E-state index contributed by atoms with van der Waals surface area (Å²) in [6.07, 6.45) is 0.449. The van der Waals surface area contributed by atoms with E-state index in [1.165, 1.54) is 0 Å². The largest absolute Gasteiger partial charge is 0.454 e. The fourth-order valence-electron chi connectivity index (χ4n) is 1.82. The molecule has 1 aliphatic heterocycles. The number of rotatable bonds is 6. The van der Waals surface area contributed by atoms with E-state index < -0.39 is 5.60 Å². The minimum atomic E-state index is -0.998. The van der Waals surface area contributed by atoms with Gasteiger partial charge in [-0.05, 0) is 25.1 Å². The van der Waals surface area contributed by atoms with E-state index in [1.807, 2.05) is 0 Å². The van der Waals surface area contributed by atoms with Gasteiger partial charge in [-0.15, -0.1) is 0 Å². The molecule has 6 heteroatoms. The van der Waals surface area contributed by atoms with Gasteiger partial charge in [0, 0.05) is 32.2 Å². The Morgan fingerprint density at radius 1 is 1.45 bits per heavy atom. The predicted octanol–water partition coefficient (Wildman–Crippen LogP) is 0.933.